The number of hydrogen-bond acceptors (Lipinski definition) is 3. The first kappa shape index (κ1) is 22.8. The van der Waals surface area contributed by atoms with Crippen molar-refractivity contribution < 1.29 is 14.7 Å². The molecule has 5 nitrogen and oxygen atoms in total. The minimum Gasteiger partial charge on any atom is -0.480 e. The Morgan fingerprint density at radius 3 is 1.81 bits per heavy atom. The number of hydrogen-bond donors (Lipinski definition) is 2. The predicted octanol–water partition coefficient (Wildman–Crippen LogP) is 4.42. The maximum Gasteiger partial charge on any atom is 0.326 e. The fraction of sp³-hybridized carbons (Fsp3) is 0.185. The monoisotopic (exact) mass is 428 g/mol. The molecule has 0 aliphatic rings. The van der Waals surface area contributed by atoms with Gasteiger partial charge in [0.1, 0.15) is 6.04 Å². The number of nitrogens with zero attached hydrogens (tertiary/aromatic N) is 1. The van der Waals surface area contributed by atoms with E-state index >= 15 is 0 Å². The zero-order chi connectivity index (χ0) is 22.9. The number of carbonyl (C=O) groups is 2. The number of amides is 1. The Balaban J connectivity index is 1.77. The number of carboxylic acids is 1. The SMILES string of the molecule is C=C(C[C@@H](C(=O)O)N(C)C(=O)C(c1ccccc1)c1ccccc1)NCc1ccccc1. The van der Waals surface area contributed by atoms with Crippen molar-refractivity contribution in [1.82, 2.24) is 10.2 Å². The van der Waals surface area contributed by atoms with Crippen molar-refractivity contribution in [2.24, 2.45) is 0 Å². The van der Waals surface area contributed by atoms with E-state index < -0.39 is 17.9 Å². The molecule has 0 fully saturated rings. The highest BCUT2D eigenvalue weighted by Gasteiger charge is 2.33. The maximum absolute atomic E-state index is 13.6. The van der Waals surface area contributed by atoms with Gasteiger partial charge in [0, 0.05) is 25.7 Å². The van der Waals surface area contributed by atoms with Crippen molar-refractivity contribution >= 4 is 11.9 Å². The fourth-order valence-electron chi connectivity index (χ4n) is 3.64. The number of rotatable bonds is 10. The molecular weight excluding hydrogens is 400 g/mol. The predicted molar refractivity (Wildman–Crippen MR) is 126 cm³/mol. The van der Waals surface area contributed by atoms with Gasteiger partial charge >= 0.3 is 5.97 Å². The van der Waals surface area contributed by atoms with E-state index in [2.05, 4.69) is 11.9 Å². The summed E-state index contributed by atoms with van der Waals surface area (Å²) in [4.78, 5) is 27.0. The summed E-state index contributed by atoms with van der Waals surface area (Å²) in [6, 6.07) is 27.6. The van der Waals surface area contributed by atoms with Crippen LogP contribution in [0.5, 0.6) is 0 Å². The lowest BCUT2D eigenvalue weighted by Gasteiger charge is -2.30. The van der Waals surface area contributed by atoms with Gasteiger partial charge in [-0.15, -0.1) is 0 Å². The van der Waals surface area contributed by atoms with Crippen LogP contribution >= 0.6 is 0 Å². The molecule has 0 radical (unpaired) electrons. The molecule has 0 aliphatic carbocycles. The molecule has 1 amide bonds. The second-order valence-electron chi connectivity index (χ2n) is 7.70. The van der Waals surface area contributed by atoms with Gasteiger partial charge in [-0.2, -0.15) is 0 Å². The van der Waals surface area contributed by atoms with Gasteiger partial charge in [-0.25, -0.2) is 4.79 Å². The van der Waals surface area contributed by atoms with Crippen molar-refractivity contribution in [3.05, 3.63) is 120 Å². The van der Waals surface area contributed by atoms with Crippen molar-refractivity contribution in [1.29, 1.82) is 0 Å². The van der Waals surface area contributed by atoms with Gasteiger partial charge in [0.15, 0.2) is 0 Å². The third-order valence-electron chi connectivity index (χ3n) is 5.44. The molecule has 3 rings (SSSR count). The zero-order valence-electron chi connectivity index (χ0n) is 18.1. The summed E-state index contributed by atoms with van der Waals surface area (Å²) < 4.78 is 0. The molecule has 0 saturated carbocycles. The largest absolute Gasteiger partial charge is 0.480 e. The van der Waals surface area contributed by atoms with Gasteiger partial charge < -0.3 is 15.3 Å². The van der Waals surface area contributed by atoms with Crippen LogP contribution in [-0.4, -0.2) is 35.0 Å². The van der Waals surface area contributed by atoms with Crippen LogP contribution in [0.4, 0.5) is 0 Å². The molecule has 0 aromatic heterocycles. The quantitative estimate of drug-likeness (QED) is 0.501. The second-order valence-corrected chi connectivity index (χ2v) is 7.70. The van der Waals surface area contributed by atoms with Crippen LogP contribution in [0.1, 0.15) is 29.0 Å². The van der Waals surface area contributed by atoms with E-state index in [1.807, 2.05) is 91.0 Å². The molecule has 3 aromatic rings. The highest BCUT2D eigenvalue weighted by Crippen LogP contribution is 2.28. The summed E-state index contributed by atoms with van der Waals surface area (Å²) >= 11 is 0. The normalized spacial score (nSPS) is 11.6. The number of carboxylic acid groups (broad SMARTS) is 1. The van der Waals surface area contributed by atoms with E-state index in [1.165, 1.54) is 4.90 Å². The highest BCUT2D eigenvalue weighted by molar-refractivity contribution is 5.90. The number of benzene rings is 3. The molecule has 2 N–H and O–H groups in total. The Morgan fingerprint density at radius 1 is 0.875 bits per heavy atom. The molecule has 0 spiro atoms. The maximum atomic E-state index is 13.6. The topological polar surface area (TPSA) is 69.6 Å². The summed E-state index contributed by atoms with van der Waals surface area (Å²) in [5, 5.41) is 13.1. The van der Waals surface area contributed by atoms with Crippen molar-refractivity contribution in [2.45, 2.75) is 24.9 Å². The first-order valence-corrected chi connectivity index (χ1v) is 10.5. The molecule has 1 atom stereocenters. The van der Waals surface area contributed by atoms with E-state index in [0.717, 1.165) is 16.7 Å². The lowest BCUT2D eigenvalue weighted by atomic mass is 9.89. The molecular formula is C27H28N2O3. The molecule has 0 bridgehead atoms. The summed E-state index contributed by atoms with van der Waals surface area (Å²) in [6.45, 7) is 4.52. The summed E-state index contributed by atoms with van der Waals surface area (Å²) in [5.74, 6) is -1.93. The second kappa shape index (κ2) is 11.0. The van der Waals surface area contributed by atoms with Gasteiger partial charge in [-0.3, -0.25) is 4.79 Å². The van der Waals surface area contributed by atoms with Crippen LogP contribution in [0.3, 0.4) is 0 Å². The minimum atomic E-state index is -1.07. The molecule has 164 valence electrons. The number of aliphatic carboxylic acids is 1. The number of nitrogens with one attached hydrogen (secondary N) is 1. The third kappa shape index (κ3) is 5.85. The van der Waals surface area contributed by atoms with Gasteiger partial charge in [0.25, 0.3) is 0 Å². The average molecular weight is 429 g/mol. The van der Waals surface area contributed by atoms with Crippen molar-refractivity contribution in [3.8, 4) is 0 Å². The molecule has 0 unspecified atom stereocenters. The fourth-order valence-corrected chi connectivity index (χ4v) is 3.64. The van der Waals surface area contributed by atoms with E-state index in [9.17, 15) is 14.7 Å². The molecule has 0 aliphatic heterocycles. The van der Waals surface area contributed by atoms with Crippen LogP contribution in [-0.2, 0) is 16.1 Å². The Morgan fingerprint density at radius 2 is 1.34 bits per heavy atom. The van der Waals surface area contributed by atoms with E-state index in [4.69, 9.17) is 0 Å². The van der Waals surface area contributed by atoms with Crippen molar-refractivity contribution in [2.75, 3.05) is 7.05 Å². The standard InChI is InChI=1S/C27H28N2O3/c1-20(28-19-21-12-6-3-7-13-21)18-24(27(31)32)29(2)26(30)25(22-14-8-4-9-15-22)23-16-10-5-11-17-23/h3-17,24-25,28H,1,18-19H2,2H3,(H,31,32)/t24-/m0/s1. The Kier molecular flexibility index (Phi) is 7.81. The van der Waals surface area contributed by atoms with Gasteiger partial charge in [0.05, 0.1) is 5.92 Å². The lowest BCUT2D eigenvalue weighted by Crippen LogP contribution is -2.45. The first-order valence-electron chi connectivity index (χ1n) is 10.5. The Labute approximate surface area is 189 Å². The highest BCUT2D eigenvalue weighted by atomic mass is 16.4. The van der Waals surface area contributed by atoms with Gasteiger partial charge in [0.2, 0.25) is 5.91 Å². The molecule has 32 heavy (non-hydrogen) atoms. The molecule has 5 heteroatoms. The molecule has 0 saturated heterocycles. The summed E-state index contributed by atoms with van der Waals surface area (Å²) in [6.07, 6.45) is 0.112. The molecule has 0 heterocycles. The van der Waals surface area contributed by atoms with Crippen LogP contribution in [0.15, 0.2) is 103 Å². The van der Waals surface area contributed by atoms with Crippen LogP contribution < -0.4 is 5.32 Å². The average Bonchev–Trinajstić information content (AvgIpc) is 2.83. The Hall–Kier alpha value is -3.86. The lowest BCUT2D eigenvalue weighted by molar-refractivity contribution is -0.149. The number of likely N-dealkylation sites (N-methyl/N-ethyl adjacent to an activating group) is 1. The third-order valence-corrected chi connectivity index (χ3v) is 5.44. The van der Waals surface area contributed by atoms with Crippen LogP contribution in [0.25, 0.3) is 0 Å². The van der Waals surface area contributed by atoms with Crippen LogP contribution in [0.2, 0.25) is 0 Å². The molecule has 3 aromatic carbocycles. The number of carbonyl (C=O) groups excluding carboxylic acids is 1. The van der Waals surface area contributed by atoms with Gasteiger partial charge in [-0.1, -0.05) is 97.6 Å². The van der Waals surface area contributed by atoms with Crippen LogP contribution in [0, 0.1) is 0 Å². The van der Waals surface area contributed by atoms with E-state index in [0.29, 0.717) is 12.2 Å². The van der Waals surface area contributed by atoms with Gasteiger partial charge in [-0.05, 0) is 16.7 Å². The van der Waals surface area contributed by atoms with E-state index in [-0.39, 0.29) is 12.3 Å². The Bertz CT molecular complexity index is 997. The summed E-state index contributed by atoms with van der Waals surface area (Å²) in [7, 11) is 1.55. The first-order chi connectivity index (χ1) is 15.5. The van der Waals surface area contributed by atoms with Crippen molar-refractivity contribution in [3.63, 3.8) is 0 Å². The smallest absolute Gasteiger partial charge is 0.326 e. The zero-order valence-corrected chi connectivity index (χ0v) is 18.1. The minimum absolute atomic E-state index is 0.112. The van der Waals surface area contributed by atoms with E-state index in [1.54, 1.807) is 7.05 Å². The summed E-state index contributed by atoms with van der Waals surface area (Å²) in [5.41, 5.74) is 3.27.